The van der Waals surface area contributed by atoms with Crippen molar-refractivity contribution < 1.29 is 23.8 Å². The lowest BCUT2D eigenvalue weighted by atomic mass is 9.76. The summed E-state index contributed by atoms with van der Waals surface area (Å²) in [5.74, 6) is 0.879. The third-order valence-corrected chi connectivity index (χ3v) is 8.62. The van der Waals surface area contributed by atoms with E-state index < -0.39 is 5.97 Å². The summed E-state index contributed by atoms with van der Waals surface area (Å²) >= 11 is 0. The zero-order valence-electron chi connectivity index (χ0n) is 24.1. The molecule has 212 valence electrons. The minimum absolute atomic E-state index is 0.0537. The number of nitrogens with zero attached hydrogens (tertiary/aromatic N) is 1. The van der Waals surface area contributed by atoms with E-state index in [1.807, 2.05) is 31.3 Å². The van der Waals surface area contributed by atoms with Crippen LogP contribution in [0.2, 0.25) is 0 Å². The predicted molar refractivity (Wildman–Crippen MR) is 153 cm³/mol. The van der Waals surface area contributed by atoms with Crippen molar-refractivity contribution in [1.29, 1.82) is 0 Å². The molecular weight excluding hydrogens is 493 g/mol. The molecule has 1 aliphatic heterocycles. The SMILES string of the molecule is CC(=O)[C@@H]1CC(C)(C)CN1C.C[C@@H]1CC[C@@H](Oc2ccc(CC(=O)O)cc2-c2cccc(F)c2C2CCC2)C1. The van der Waals surface area contributed by atoms with Crippen molar-refractivity contribution in [2.24, 2.45) is 11.3 Å². The fourth-order valence-electron chi connectivity index (χ4n) is 6.48. The van der Waals surface area contributed by atoms with E-state index in [2.05, 4.69) is 25.7 Å². The molecule has 39 heavy (non-hydrogen) atoms. The summed E-state index contributed by atoms with van der Waals surface area (Å²) in [7, 11) is 2.03. The number of ketones is 1. The number of aliphatic carboxylic acids is 1. The Morgan fingerprint density at radius 2 is 1.85 bits per heavy atom. The van der Waals surface area contributed by atoms with Gasteiger partial charge in [-0.2, -0.15) is 0 Å². The Kier molecular flexibility index (Phi) is 9.15. The number of benzene rings is 2. The van der Waals surface area contributed by atoms with Crippen LogP contribution >= 0.6 is 0 Å². The second kappa shape index (κ2) is 12.2. The number of hydrogen-bond acceptors (Lipinski definition) is 4. The van der Waals surface area contributed by atoms with Crippen LogP contribution in [0, 0.1) is 17.2 Å². The summed E-state index contributed by atoms with van der Waals surface area (Å²) < 4.78 is 21.1. The molecule has 3 aliphatic rings. The molecule has 5 nitrogen and oxygen atoms in total. The van der Waals surface area contributed by atoms with E-state index in [1.165, 1.54) is 6.07 Å². The quantitative estimate of drug-likeness (QED) is 0.403. The molecule has 1 N–H and O–H groups in total. The lowest BCUT2D eigenvalue weighted by Gasteiger charge is -2.29. The van der Waals surface area contributed by atoms with Gasteiger partial charge in [0, 0.05) is 12.1 Å². The fourth-order valence-corrected chi connectivity index (χ4v) is 6.48. The van der Waals surface area contributed by atoms with E-state index in [1.54, 1.807) is 13.0 Å². The number of carbonyl (C=O) groups is 2. The van der Waals surface area contributed by atoms with Crippen molar-refractivity contribution in [1.82, 2.24) is 4.90 Å². The Hall–Kier alpha value is -2.73. The third kappa shape index (κ3) is 7.27. The Labute approximate surface area is 232 Å². The molecule has 3 fully saturated rings. The Morgan fingerprint density at radius 3 is 2.36 bits per heavy atom. The molecule has 0 aromatic heterocycles. The second-order valence-electron chi connectivity index (χ2n) is 12.8. The number of halogens is 1. The minimum Gasteiger partial charge on any atom is -0.490 e. The average Bonchev–Trinajstić information content (AvgIpc) is 3.35. The summed E-state index contributed by atoms with van der Waals surface area (Å²) in [6.07, 6.45) is 7.45. The molecule has 0 radical (unpaired) electrons. The van der Waals surface area contributed by atoms with Gasteiger partial charge in [-0.15, -0.1) is 0 Å². The highest BCUT2D eigenvalue weighted by Gasteiger charge is 2.37. The van der Waals surface area contributed by atoms with E-state index in [9.17, 15) is 19.1 Å². The van der Waals surface area contributed by atoms with Gasteiger partial charge in [0.2, 0.25) is 0 Å². The number of likely N-dealkylation sites (tertiary alicyclic amines) is 1. The van der Waals surface area contributed by atoms with Gasteiger partial charge in [0.05, 0.1) is 18.6 Å². The number of Topliss-reactive ketones (excluding diaryl/α,β-unsaturated/α-hetero) is 1. The van der Waals surface area contributed by atoms with Crippen molar-refractivity contribution in [3.8, 4) is 16.9 Å². The molecule has 5 rings (SSSR count). The van der Waals surface area contributed by atoms with Crippen LogP contribution in [0.4, 0.5) is 4.39 Å². The molecule has 2 aromatic carbocycles. The lowest BCUT2D eigenvalue weighted by Crippen LogP contribution is -2.30. The highest BCUT2D eigenvalue weighted by Crippen LogP contribution is 2.45. The molecule has 0 bridgehead atoms. The maximum absolute atomic E-state index is 14.8. The van der Waals surface area contributed by atoms with Gasteiger partial charge >= 0.3 is 5.97 Å². The van der Waals surface area contributed by atoms with E-state index in [4.69, 9.17) is 4.74 Å². The molecule has 2 aliphatic carbocycles. The molecule has 0 amide bonds. The summed E-state index contributed by atoms with van der Waals surface area (Å²) in [5.41, 5.74) is 3.45. The number of carboxylic acid groups (broad SMARTS) is 1. The van der Waals surface area contributed by atoms with Gasteiger partial charge in [-0.1, -0.05) is 45.4 Å². The predicted octanol–water partition coefficient (Wildman–Crippen LogP) is 7.26. The number of rotatable bonds is 7. The first-order valence-corrected chi connectivity index (χ1v) is 14.4. The van der Waals surface area contributed by atoms with Crippen LogP contribution in [0.3, 0.4) is 0 Å². The topological polar surface area (TPSA) is 66.8 Å². The standard InChI is InChI=1S/C24H27FO3.C9H17NO/c1-15-8-10-18(12-15)28-22-11-9-16(14-23(26)27)13-20(22)19-6-3-7-21(25)24(19)17-4-2-5-17;1-7(11)8-5-9(2,3)6-10(8)4/h3,6-7,9,11,13,15,17-18H,2,4-5,8,10,12,14H2,1H3,(H,26,27);8H,5-6H2,1-4H3/t15-,18-;8-/m10/s1. The van der Waals surface area contributed by atoms with Gasteiger partial charge in [0.25, 0.3) is 0 Å². The average molecular weight is 538 g/mol. The smallest absolute Gasteiger partial charge is 0.307 e. The summed E-state index contributed by atoms with van der Waals surface area (Å²) in [4.78, 5) is 24.5. The second-order valence-corrected chi connectivity index (χ2v) is 12.8. The number of hydrogen-bond donors (Lipinski definition) is 1. The van der Waals surface area contributed by atoms with Gasteiger partial charge < -0.3 is 9.84 Å². The summed E-state index contributed by atoms with van der Waals surface area (Å²) in [6.45, 7) is 9.39. The number of carboxylic acids is 1. The van der Waals surface area contributed by atoms with Crippen molar-refractivity contribution in [3.63, 3.8) is 0 Å². The van der Waals surface area contributed by atoms with Crippen LogP contribution in [0.5, 0.6) is 5.75 Å². The first-order chi connectivity index (χ1) is 18.4. The Balaban J connectivity index is 0.000000270. The normalized spacial score (nSPS) is 24.5. The van der Waals surface area contributed by atoms with E-state index in [0.717, 1.165) is 73.9 Å². The van der Waals surface area contributed by atoms with Gasteiger partial charge in [0.1, 0.15) is 17.3 Å². The molecule has 0 unspecified atom stereocenters. The summed E-state index contributed by atoms with van der Waals surface area (Å²) in [5, 5.41) is 9.20. The monoisotopic (exact) mass is 537 g/mol. The first kappa shape index (κ1) is 29.3. The maximum atomic E-state index is 14.8. The molecule has 6 heteroatoms. The number of ether oxygens (including phenoxy) is 1. The molecule has 3 atom stereocenters. The number of likely N-dealkylation sites (N-methyl/N-ethyl adjacent to an activating group) is 1. The van der Waals surface area contributed by atoms with E-state index in [-0.39, 0.29) is 30.3 Å². The van der Waals surface area contributed by atoms with Crippen LogP contribution < -0.4 is 4.74 Å². The van der Waals surface area contributed by atoms with Crippen LogP contribution in [-0.4, -0.2) is 47.5 Å². The molecule has 2 aromatic rings. The molecule has 0 spiro atoms. The fraction of sp³-hybridized carbons (Fsp3) is 0.576. The van der Waals surface area contributed by atoms with Crippen LogP contribution in [0.1, 0.15) is 89.7 Å². The van der Waals surface area contributed by atoms with E-state index in [0.29, 0.717) is 22.7 Å². The molecule has 2 saturated carbocycles. The Bertz CT molecular complexity index is 1190. The van der Waals surface area contributed by atoms with E-state index >= 15 is 0 Å². The largest absolute Gasteiger partial charge is 0.490 e. The molecule has 1 heterocycles. The summed E-state index contributed by atoms with van der Waals surface area (Å²) in [6, 6.07) is 10.9. The highest BCUT2D eigenvalue weighted by molar-refractivity contribution is 5.81. The van der Waals surface area contributed by atoms with Gasteiger partial charge in [-0.25, -0.2) is 4.39 Å². The molecule has 1 saturated heterocycles. The van der Waals surface area contributed by atoms with Crippen molar-refractivity contribution in [3.05, 3.63) is 53.3 Å². The maximum Gasteiger partial charge on any atom is 0.307 e. The van der Waals surface area contributed by atoms with Crippen LogP contribution in [0.15, 0.2) is 36.4 Å². The van der Waals surface area contributed by atoms with Gasteiger partial charge in [-0.3, -0.25) is 14.5 Å². The van der Waals surface area contributed by atoms with Crippen LogP contribution in [0.25, 0.3) is 11.1 Å². The van der Waals surface area contributed by atoms with Gasteiger partial charge in [0.15, 0.2) is 0 Å². The number of carbonyl (C=O) groups excluding carboxylic acids is 1. The minimum atomic E-state index is -0.873. The zero-order chi connectivity index (χ0) is 28.3. The van der Waals surface area contributed by atoms with Crippen molar-refractivity contribution in [2.45, 2.75) is 97.1 Å². The zero-order valence-corrected chi connectivity index (χ0v) is 24.1. The van der Waals surface area contributed by atoms with Crippen LogP contribution in [-0.2, 0) is 16.0 Å². The highest BCUT2D eigenvalue weighted by atomic mass is 19.1. The first-order valence-electron chi connectivity index (χ1n) is 14.4. The molecular formula is C33H44FNO4. The Morgan fingerprint density at radius 1 is 1.10 bits per heavy atom. The van der Waals surface area contributed by atoms with Crippen molar-refractivity contribution in [2.75, 3.05) is 13.6 Å². The van der Waals surface area contributed by atoms with Gasteiger partial charge in [-0.05, 0) is 105 Å². The lowest BCUT2D eigenvalue weighted by molar-refractivity contribution is -0.136. The third-order valence-electron chi connectivity index (χ3n) is 8.62. The van der Waals surface area contributed by atoms with Crippen molar-refractivity contribution >= 4 is 11.8 Å².